The van der Waals surface area contributed by atoms with Crippen LogP contribution in [0.25, 0.3) is 11.0 Å². The lowest BCUT2D eigenvalue weighted by atomic mass is 10.2. The highest BCUT2D eigenvalue weighted by atomic mass is 32.2. The summed E-state index contributed by atoms with van der Waals surface area (Å²) in [6, 6.07) is 17.3. The van der Waals surface area contributed by atoms with Crippen LogP contribution < -0.4 is 14.8 Å². The third-order valence-electron chi connectivity index (χ3n) is 4.46. The molecule has 0 atom stereocenters. The number of rotatable bonds is 6. The van der Waals surface area contributed by atoms with Gasteiger partial charge in [0.05, 0.1) is 23.0 Å². The molecule has 2 N–H and O–H groups in total. The minimum Gasteiger partial charge on any atom is -0.497 e. The summed E-state index contributed by atoms with van der Waals surface area (Å²) in [4.78, 5) is 8.75. The smallest absolute Gasteiger partial charge is 0.263 e. The van der Waals surface area contributed by atoms with Gasteiger partial charge in [0, 0.05) is 11.8 Å². The number of nitrogens with zero attached hydrogens (tertiary/aromatic N) is 2. The van der Waals surface area contributed by atoms with Gasteiger partial charge in [0.2, 0.25) is 0 Å². The molecule has 0 fully saturated rings. The molecule has 4 aromatic rings. The first-order chi connectivity index (χ1) is 14.8. The van der Waals surface area contributed by atoms with Crippen molar-refractivity contribution in [3.05, 3.63) is 78.1 Å². The zero-order valence-electron chi connectivity index (χ0n) is 16.8. The van der Waals surface area contributed by atoms with Gasteiger partial charge >= 0.3 is 0 Å². The Kier molecular flexibility index (Phi) is 5.43. The van der Waals surface area contributed by atoms with Crippen LogP contribution in [-0.4, -0.2) is 25.5 Å². The molecule has 7 nitrogen and oxygen atoms in total. The Morgan fingerprint density at radius 2 is 1.61 bits per heavy atom. The number of methoxy groups -OCH3 is 1. The summed E-state index contributed by atoms with van der Waals surface area (Å²) in [5, 5.41) is 3.11. The number of para-hydroxylation sites is 2. The number of nitrogens with one attached hydrogen (secondary N) is 2. The summed E-state index contributed by atoms with van der Waals surface area (Å²) in [6.07, 6.45) is 0. The third kappa shape index (κ3) is 4.56. The van der Waals surface area contributed by atoms with Crippen LogP contribution in [0.15, 0.2) is 71.6 Å². The van der Waals surface area contributed by atoms with Crippen molar-refractivity contribution in [3.8, 4) is 5.75 Å². The lowest BCUT2D eigenvalue weighted by Gasteiger charge is -2.15. The Hall–Kier alpha value is -3.72. The first-order valence-corrected chi connectivity index (χ1v) is 10.8. The number of fused-ring (bicyclic) bond motifs is 1. The first kappa shape index (κ1) is 20.5. The van der Waals surface area contributed by atoms with E-state index in [-0.39, 0.29) is 16.5 Å². The van der Waals surface area contributed by atoms with E-state index in [1.165, 1.54) is 18.2 Å². The molecule has 0 unspecified atom stereocenters. The van der Waals surface area contributed by atoms with Crippen LogP contribution >= 0.6 is 0 Å². The van der Waals surface area contributed by atoms with Crippen LogP contribution in [0.4, 0.5) is 21.7 Å². The average molecular weight is 438 g/mol. The molecule has 158 valence electrons. The van der Waals surface area contributed by atoms with Crippen molar-refractivity contribution in [2.24, 2.45) is 0 Å². The third-order valence-corrected chi connectivity index (χ3v) is 5.79. The second-order valence-electron chi connectivity index (χ2n) is 6.84. The molecule has 0 aliphatic carbocycles. The average Bonchev–Trinajstić information content (AvgIpc) is 2.73. The van der Waals surface area contributed by atoms with Crippen molar-refractivity contribution in [2.45, 2.75) is 11.8 Å². The maximum Gasteiger partial charge on any atom is 0.263 e. The van der Waals surface area contributed by atoms with E-state index < -0.39 is 15.8 Å². The van der Waals surface area contributed by atoms with E-state index in [2.05, 4.69) is 20.0 Å². The van der Waals surface area contributed by atoms with Crippen LogP contribution in [0.5, 0.6) is 5.75 Å². The Balaban J connectivity index is 1.79. The molecule has 0 bridgehead atoms. The number of anilines is 3. The van der Waals surface area contributed by atoms with Gasteiger partial charge in [0.15, 0.2) is 11.6 Å². The van der Waals surface area contributed by atoms with E-state index in [4.69, 9.17) is 4.74 Å². The number of aryl methyl sites for hydroxylation is 1. The molecule has 4 rings (SSSR count). The number of ether oxygens (including phenoxy) is 1. The Morgan fingerprint density at radius 3 is 2.29 bits per heavy atom. The molecule has 0 aliphatic heterocycles. The molecule has 1 heterocycles. The van der Waals surface area contributed by atoms with E-state index in [0.29, 0.717) is 22.5 Å². The van der Waals surface area contributed by atoms with Crippen molar-refractivity contribution < 1.29 is 17.5 Å². The van der Waals surface area contributed by atoms with Crippen molar-refractivity contribution in [3.63, 3.8) is 0 Å². The Bertz CT molecular complexity index is 1380. The highest BCUT2D eigenvalue weighted by Gasteiger charge is 2.19. The highest BCUT2D eigenvalue weighted by molar-refractivity contribution is 7.92. The molecule has 1 aromatic heterocycles. The van der Waals surface area contributed by atoms with Gasteiger partial charge in [-0.25, -0.2) is 22.8 Å². The fourth-order valence-corrected chi connectivity index (χ4v) is 4.09. The number of benzene rings is 3. The van der Waals surface area contributed by atoms with E-state index in [0.717, 1.165) is 11.6 Å². The van der Waals surface area contributed by atoms with Gasteiger partial charge in [0.1, 0.15) is 11.6 Å². The molecular weight excluding hydrogens is 419 g/mol. The molecule has 0 amide bonds. The molecular formula is C22H19FN4O3S. The van der Waals surface area contributed by atoms with Crippen molar-refractivity contribution >= 4 is 38.4 Å². The van der Waals surface area contributed by atoms with Gasteiger partial charge in [-0.3, -0.25) is 4.72 Å². The lowest BCUT2D eigenvalue weighted by molar-refractivity contribution is 0.414. The van der Waals surface area contributed by atoms with Crippen LogP contribution in [0.1, 0.15) is 5.56 Å². The van der Waals surface area contributed by atoms with Crippen LogP contribution in [0.3, 0.4) is 0 Å². The minimum atomic E-state index is -4.10. The zero-order valence-corrected chi connectivity index (χ0v) is 17.6. The fraction of sp³-hybridized carbons (Fsp3) is 0.0909. The van der Waals surface area contributed by atoms with Crippen molar-refractivity contribution in [1.29, 1.82) is 0 Å². The quantitative estimate of drug-likeness (QED) is 0.456. The molecule has 0 radical (unpaired) electrons. The number of hydrogen-bond acceptors (Lipinski definition) is 6. The maximum atomic E-state index is 13.6. The van der Waals surface area contributed by atoms with Crippen LogP contribution in [0, 0.1) is 12.7 Å². The second kappa shape index (κ2) is 8.19. The summed E-state index contributed by atoms with van der Waals surface area (Å²) in [6.45, 7) is 1.91. The van der Waals surface area contributed by atoms with Gasteiger partial charge in [-0.05, 0) is 55.0 Å². The zero-order chi connectivity index (χ0) is 22.0. The van der Waals surface area contributed by atoms with E-state index in [9.17, 15) is 12.8 Å². The Morgan fingerprint density at radius 1 is 0.903 bits per heavy atom. The summed E-state index contributed by atoms with van der Waals surface area (Å²) in [5.74, 6) is 0.172. The van der Waals surface area contributed by atoms with Crippen molar-refractivity contribution in [2.75, 3.05) is 17.1 Å². The highest BCUT2D eigenvalue weighted by Crippen LogP contribution is 2.29. The SMILES string of the molecule is COc1cc(C)cc(Nc2nc3ccccc3nc2NS(=O)(=O)c2cccc(F)c2)c1. The summed E-state index contributed by atoms with van der Waals surface area (Å²) < 4.78 is 47.0. The summed E-state index contributed by atoms with van der Waals surface area (Å²) in [5.41, 5.74) is 2.68. The molecule has 0 saturated heterocycles. The molecule has 3 aromatic carbocycles. The predicted octanol–water partition coefficient (Wildman–Crippen LogP) is 4.63. The van der Waals surface area contributed by atoms with Gasteiger partial charge in [-0.2, -0.15) is 0 Å². The largest absolute Gasteiger partial charge is 0.497 e. The van der Waals surface area contributed by atoms with Crippen molar-refractivity contribution in [1.82, 2.24) is 9.97 Å². The van der Waals surface area contributed by atoms with Gasteiger partial charge < -0.3 is 10.1 Å². The number of halogens is 1. The topological polar surface area (TPSA) is 93.2 Å². The predicted molar refractivity (Wildman–Crippen MR) is 118 cm³/mol. The molecule has 31 heavy (non-hydrogen) atoms. The Labute approximate surface area is 179 Å². The number of sulfonamides is 1. The normalized spacial score (nSPS) is 11.3. The summed E-state index contributed by atoms with van der Waals surface area (Å²) >= 11 is 0. The van der Waals surface area contributed by atoms with E-state index >= 15 is 0 Å². The maximum absolute atomic E-state index is 13.6. The van der Waals surface area contributed by atoms with Gasteiger partial charge in [-0.15, -0.1) is 0 Å². The number of hydrogen-bond donors (Lipinski definition) is 2. The van der Waals surface area contributed by atoms with E-state index in [1.807, 2.05) is 25.1 Å². The molecule has 0 spiro atoms. The first-order valence-electron chi connectivity index (χ1n) is 9.32. The molecule has 9 heteroatoms. The van der Waals surface area contributed by atoms with E-state index in [1.54, 1.807) is 31.4 Å². The van der Waals surface area contributed by atoms with Crippen LogP contribution in [0.2, 0.25) is 0 Å². The molecule has 0 saturated carbocycles. The van der Waals surface area contributed by atoms with Crippen LogP contribution in [-0.2, 0) is 10.0 Å². The summed E-state index contributed by atoms with van der Waals surface area (Å²) in [7, 11) is -2.54. The monoisotopic (exact) mass is 438 g/mol. The molecule has 0 aliphatic rings. The minimum absolute atomic E-state index is 0.0107. The van der Waals surface area contributed by atoms with Gasteiger partial charge in [-0.1, -0.05) is 18.2 Å². The fourth-order valence-electron chi connectivity index (χ4n) is 3.05. The standard InChI is InChI=1S/C22H19FN4O3S/c1-14-10-16(13-17(11-14)30-2)24-21-22(26-20-9-4-3-8-19(20)25-21)27-31(28,29)18-7-5-6-15(23)12-18/h3-13H,1-2H3,(H,24,25)(H,26,27). The second-order valence-corrected chi connectivity index (χ2v) is 8.52. The lowest BCUT2D eigenvalue weighted by Crippen LogP contribution is -2.16. The van der Waals surface area contributed by atoms with Gasteiger partial charge in [0.25, 0.3) is 10.0 Å². The number of aromatic nitrogens is 2.